The van der Waals surface area contributed by atoms with Crippen molar-refractivity contribution in [3.8, 4) is 41.2 Å². The molecule has 16 nitrogen and oxygen atoms in total. The first-order valence-corrected chi connectivity index (χ1v) is 44.4. The van der Waals surface area contributed by atoms with E-state index in [0.29, 0.717) is 56.0 Å². The van der Waals surface area contributed by atoms with Gasteiger partial charge in [-0.3, -0.25) is 0 Å². The summed E-state index contributed by atoms with van der Waals surface area (Å²) in [4.78, 5) is 27.1. The molecular weight excluding hydrogens is 1660 g/mol. The molecule has 0 fully saturated rings. The van der Waals surface area contributed by atoms with Gasteiger partial charge >= 0.3 is 0 Å². The van der Waals surface area contributed by atoms with Gasteiger partial charge in [0.1, 0.15) is 14.2 Å². The third-order valence-electron chi connectivity index (χ3n) is 24.9. The fraction of sp³-hybridized carbons (Fsp3) is 0.0924. The summed E-state index contributed by atoms with van der Waals surface area (Å²) in [5.74, 6) is 3.22. The van der Waals surface area contributed by atoms with Gasteiger partial charge in [-0.05, 0) is 252 Å². The largest absolute Gasteiger partial charge is 0.453 e. The second-order valence-corrected chi connectivity index (χ2v) is 32.4. The lowest BCUT2D eigenvalue weighted by molar-refractivity contribution is 0.190. The SMILES string of the molecule is C.[C-]#[N+]c1cc(/C=C/c2ccc3c(c2)Oc2ccccc2N3CC)c(C#N)cc1/C=C/c1ccc2c(c1)Oc1ccccc1N2CC.[C-]#[N+]c1cc(/C=C/c2ccc3c(c2)c2ccccc2n3CC)c(C#N)cc1/C=C/c1ccc2c(c1)c1ccccc1n2CC.[C-]#[N+]c1cc(/C=C/c2ccc3c(c2)c2ccccc2n3OC)c(C#N)cc1/C=C/c1ccc2c(c1)c1ccccc1n2OC. The highest BCUT2D eigenvalue weighted by atomic mass is 16.6. The number of ether oxygens (including phenoxy) is 2. The molecule has 0 saturated heterocycles. The van der Waals surface area contributed by atoms with E-state index in [1.54, 1.807) is 38.5 Å². The van der Waals surface area contributed by atoms with Crippen molar-refractivity contribution in [1.82, 2.24) is 18.6 Å². The molecule has 16 heteroatoms. The number of rotatable bonds is 18. The molecule has 0 amide bonds. The molecule has 2 aliphatic heterocycles. The number of nitriles is 3. The molecule has 650 valence electrons. The molecular formula is C119H90N12O4. The van der Waals surface area contributed by atoms with Crippen LogP contribution in [0.3, 0.4) is 0 Å². The van der Waals surface area contributed by atoms with E-state index in [4.69, 9.17) is 38.9 Å². The molecule has 21 rings (SSSR count). The van der Waals surface area contributed by atoms with E-state index in [1.807, 2.05) is 216 Å². The van der Waals surface area contributed by atoms with Crippen LogP contribution in [0.15, 0.2) is 291 Å². The summed E-state index contributed by atoms with van der Waals surface area (Å²) in [6, 6.07) is 105. The first-order valence-electron chi connectivity index (χ1n) is 44.4. The second kappa shape index (κ2) is 38.2. The third kappa shape index (κ3) is 16.6. The predicted molar refractivity (Wildman–Crippen MR) is 558 cm³/mol. The average Bonchev–Trinajstić information content (AvgIpc) is 1.39. The summed E-state index contributed by atoms with van der Waals surface area (Å²) in [5.41, 5.74) is 26.2. The van der Waals surface area contributed by atoms with Gasteiger partial charge in [0.15, 0.2) is 40.1 Å². The molecule has 2 aliphatic rings. The Kier molecular flexibility index (Phi) is 24.7. The summed E-state index contributed by atoms with van der Waals surface area (Å²) >= 11 is 0. The van der Waals surface area contributed by atoms with Crippen molar-refractivity contribution in [1.29, 1.82) is 15.8 Å². The van der Waals surface area contributed by atoms with Crippen LogP contribution in [0.5, 0.6) is 23.0 Å². The van der Waals surface area contributed by atoms with Crippen LogP contribution in [0.25, 0.3) is 175 Å². The van der Waals surface area contributed by atoms with E-state index in [9.17, 15) is 15.8 Å². The zero-order valence-electron chi connectivity index (χ0n) is 74.5. The normalized spacial score (nSPS) is 12.0. The number of hydrogen-bond donors (Lipinski definition) is 0. The van der Waals surface area contributed by atoms with Crippen molar-refractivity contribution in [2.24, 2.45) is 0 Å². The molecule has 6 heterocycles. The zero-order valence-corrected chi connectivity index (χ0v) is 74.5. The highest BCUT2D eigenvalue weighted by Crippen LogP contribution is 2.49. The van der Waals surface area contributed by atoms with Crippen molar-refractivity contribution in [3.05, 3.63) is 409 Å². The maximum absolute atomic E-state index is 10.0. The lowest BCUT2D eigenvalue weighted by Gasteiger charge is -2.32. The Bertz CT molecular complexity index is 7640. The van der Waals surface area contributed by atoms with E-state index < -0.39 is 0 Å². The minimum atomic E-state index is 0. The average molecular weight is 1750 g/mol. The molecule has 0 aliphatic carbocycles. The molecule has 135 heavy (non-hydrogen) atoms. The molecule has 0 unspecified atom stereocenters. The summed E-state index contributed by atoms with van der Waals surface area (Å²) in [7, 11) is 3.33. The Morgan fingerprint density at radius 2 is 0.533 bits per heavy atom. The van der Waals surface area contributed by atoms with Gasteiger partial charge < -0.3 is 38.1 Å². The molecule has 0 atom stereocenters. The molecule has 0 bridgehead atoms. The number of nitrogens with zero attached hydrogens (tertiary/aromatic N) is 12. The lowest BCUT2D eigenvalue weighted by Crippen LogP contribution is -2.20. The van der Waals surface area contributed by atoms with Gasteiger partial charge in [0.05, 0.1) is 99.4 Å². The number of fused-ring (bicyclic) bond motifs is 16. The maximum atomic E-state index is 10.0. The Morgan fingerprint density at radius 1 is 0.274 bits per heavy atom. The quantitative estimate of drug-likeness (QED) is 0.0605. The van der Waals surface area contributed by atoms with Gasteiger partial charge in [-0.1, -0.05) is 214 Å². The predicted octanol–water partition coefficient (Wildman–Crippen LogP) is 31.1. The monoisotopic (exact) mass is 1750 g/mol. The van der Waals surface area contributed by atoms with Gasteiger partial charge in [-0.15, -0.1) is 0 Å². The van der Waals surface area contributed by atoms with Crippen LogP contribution in [-0.4, -0.2) is 45.9 Å². The van der Waals surface area contributed by atoms with Crippen LogP contribution in [0.1, 0.15) is 119 Å². The highest BCUT2D eigenvalue weighted by molar-refractivity contribution is 6.12. The Balaban J connectivity index is 0.000000135. The number of hydrogen-bond acceptors (Lipinski definition) is 9. The van der Waals surface area contributed by atoms with E-state index in [2.05, 4.69) is 213 Å². The minimum absolute atomic E-state index is 0. The van der Waals surface area contributed by atoms with Gasteiger partial charge in [0.25, 0.3) is 0 Å². The summed E-state index contributed by atoms with van der Waals surface area (Å²) in [5, 5.41) is 39.3. The molecule has 0 radical (unpaired) electrons. The van der Waals surface area contributed by atoms with Crippen molar-refractivity contribution in [2.45, 2.75) is 48.2 Å². The topological polar surface area (TPSA) is 148 Å². The Hall–Kier alpha value is -18.3. The molecule has 19 aromatic rings. The second-order valence-electron chi connectivity index (χ2n) is 32.4. The Labute approximate surface area is 783 Å². The molecule has 4 aromatic heterocycles. The fourth-order valence-corrected chi connectivity index (χ4v) is 18.5. The van der Waals surface area contributed by atoms with Crippen LogP contribution in [0.2, 0.25) is 0 Å². The smallest absolute Gasteiger partial charge is 0.194 e. The number of anilines is 4. The third-order valence-corrected chi connectivity index (χ3v) is 24.9. The zero-order chi connectivity index (χ0) is 92.0. The van der Waals surface area contributed by atoms with E-state index in [1.165, 1.54) is 43.6 Å². The standard InChI is InChI=1S/C40H30N4O2.C40H30N4.C38H26N4O2.CH4/c1-4-43-33-10-6-8-12-37(33)45-39-22-27(16-20-35(39)43)14-18-29-25-32(42-3)30(24-31(29)26-41)19-15-28-17-21-36-40(23-28)46-38-13-9-7-11-34(38)44(36)5-2;1-4-43-37-12-8-6-10-32(37)34-22-27(16-20-39(34)43)14-18-29-25-36(42-3)30(24-31(29)26-41)19-15-28-17-21-40-35(23-28)33-11-7-9-13-38(33)44(40)5-2;1-40-34-23-27(16-12-25-14-18-37-32(20-25)30-8-4-6-10-35(30)41(37)43-2)29(24-39)22-28(34)17-13-26-15-19-38-33(21-26)31-9-5-7-11-36(31)42(38)44-3;/h6-25H,4-5H2,1-2H3;6-25H,4-5H2,1-2H3;4-23H,2-3H3;1H4/b2*18-14+,19-15+;16-12+,17-13+;. The fourth-order valence-electron chi connectivity index (χ4n) is 18.5. The lowest BCUT2D eigenvalue weighted by atomic mass is 10.00. The van der Waals surface area contributed by atoms with E-state index in [0.717, 1.165) is 160 Å². The number of aryl methyl sites for hydroxylation is 2. The van der Waals surface area contributed by atoms with Crippen LogP contribution in [0, 0.1) is 53.7 Å². The van der Waals surface area contributed by atoms with Crippen molar-refractivity contribution in [2.75, 3.05) is 37.1 Å². The van der Waals surface area contributed by atoms with E-state index in [-0.39, 0.29) is 7.43 Å². The summed E-state index contributed by atoms with van der Waals surface area (Å²) in [6.07, 6.45) is 23.4. The van der Waals surface area contributed by atoms with Gasteiger partial charge in [-0.2, -0.15) is 25.2 Å². The summed E-state index contributed by atoms with van der Waals surface area (Å²) < 4.78 is 20.8. The maximum Gasteiger partial charge on any atom is 0.194 e. The van der Waals surface area contributed by atoms with Crippen LogP contribution < -0.4 is 28.9 Å². The van der Waals surface area contributed by atoms with Crippen LogP contribution in [-0.2, 0) is 13.1 Å². The van der Waals surface area contributed by atoms with Crippen LogP contribution >= 0.6 is 0 Å². The van der Waals surface area contributed by atoms with Crippen molar-refractivity contribution < 1.29 is 19.1 Å². The van der Waals surface area contributed by atoms with Gasteiger partial charge in [0, 0.05) is 91.3 Å². The molecule has 0 spiro atoms. The number of para-hydroxylation sites is 8. The van der Waals surface area contributed by atoms with Crippen molar-refractivity contribution in [3.63, 3.8) is 0 Å². The molecule has 15 aromatic carbocycles. The first-order chi connectivity index (χ1) is 65.8. The highest BCUT2D eigenvalue weighted by Gasteiger charge is 2.26. The van der Waals surface area contributed by atoms with E-state index >= 15 is 0 Å². The number of benzene rings is 15. The minimum Gasteiger partial charge on any atom is -0.453 e. The van der Waals surface area contributed by atoms with Crippen LogP contribution in [0.4, 0.5) is 39.8 Å². The van der Waals surface area contributed by atoms with Gasteiger partial charge in [-0.25, -0.2) is 14.5 Å². The Morgan fingerprint density at radius 3 is 0.852 bits per heavy atom. The summed E-state index contributed by atoms with van der Waals surface area (Å²) in [6.45, 7) is 35.6. The number of aromatic nitrogens is 4. The van der Waals surface area contributed by atoms with Gasteiger partial charge in [0.2, 0.25) is 0 Å². The molecule has 0 saturated carbocycles. The van der Waals surface area contributed by atoms with Crippen molar-refractivity contribution >= 4 is 200 Å². The first kappa shape index (κ1) is 87.4. The molecule has 0 N–H and O–H groups in total.